The molecule has 3 rings (SSSR count). The number of amides is 2. The Balaban J connectivity index is 1.42. The first-order valence-corrected chi connectivity index (χ1v) is 8.87. The number of thioether (sulfide) groups is 1. The predicted molar refractivity (Wildman–Crippen MR) is 81.0 cm³/mol. The van der Waals surface area contributed by atoms with Crippen molar-refractivity contribution in [1.29, 1.82) is 0 Å². The van der Waals surface area contributed by atoms with Crippen molar-refractivity contribution in [1.82, 2.24) is 15.1 Å². The van der Waals surface area contributed by atoms with Crippen LogP contribution in [-0.4, -0.2) is 78.7 Å². The largest absolute Gasteiger partial charge is 0.379 e. The summed E-state index contributed by atoms with van der Waals surface area (Å²) < 4.78 is 5.30. The molecule has 0 aromatic carbocycles. The van der Waals surface area contributed by atoms with E-state index in [4.69, 9.17) is 4.74 Å². The van der Waals surface area contributed by atoms with E-state index in [0.29, 0.717) is 12.4 Å². The third-order valence-electron chi connectivity index (χ3n) is 4.23. The number of nitrogens with one attached hydrogen (secondary N) is 1. The van der Waals surface area contributed by atoms with Crippen molar-refractivity contribution >= 4 is 23.6 Å². The summed E-state index contributed by atoms with van der Waals surface area (Å²) in [5, 5.41) is 2.99. The molecular weight excluding hydrogens is 290 g/mol. The number of carbonyl (C=O) groups is 2. The van der Waals surface area contributed by atoms with Crippen molar-refractivity contribution in [3.05, 3.63) is 0 Å². The summed E-state index contributed by atoms with van der Waals surface area (Å²) in [4.78, 5) is 28.5. The lowest BCUT2D eigenvalue weighted by molar-refractivity contribution is -0.139. The molecule has 1 aliphatic carbocycles. The second kappa shape index (κ2) is 6.98. The highest BCUT2D eigenvalue weighted by Crippen LogP contribution is 2.34. The molecule has 1 unspecified atom stereocenters. The third kappa shape index (κ3) is 3.90. The molecule has 2 amide bonds. The van der Waals surface area contributed by atoms with Gasteiger partial charge in [0.05, 0.1) is 19.1 Å². The van der Waals surface area contributed by atoms with Gasteiger partial charge in [-0.05, 0) is 12.8 Å². The lowest BCUT2D eigenvalue weighted by Crippen LogP contribution is -2.49. The minimum atomic E-state index is -0.271. The predicted octanol–water partition coefficient (Wildman–Crippen LogP) is -0.254. The van der Waals surface area contributed by atoms with Crippen molar-refractivity contribution in [2.75, 3.05) is 51.0 Å². The molecule has 2 heterocycles. The van der Waals surface area contributed by atoms with E-state index in [1.54, 1.807) is 16.7 Å². The van der Waals surface area contributed by atoms with Crippen LogP contribution in [0.4, 0.5) is 0 Å². The molecule has 7 heteroatoms. The summed E-state index contributed by atoms with van der Waals surface area (Å²) in [6.07, 6.45) is 1.98. The van der Waals surface area contributed by atoms with Crippen LogP contribution in [-0.2, 0) is 14.3 Å². The number of morpholine rings is 1. The highest BCUT2D eigenvalue weighted by Gasteiger charge is 2.41. The van der Waals surface area contributed by atoms with Crippen LogP contribution in [0.5, 0.6) is 0 Å². The average molecular weight is 313 g/mol. The van der Waals surface area contributed by atoms with E-state index in [9.17, 15) is 9.59 Å². The first-order chi connectivity index (χ1) is 10.3. The molecule has 1 N–H and O–H groups in total. The Kier molecular flexibility index (Phi) is 5.03. The third-order valence-corrected chi connectivity index (χ3v) is 5.24. The van der Waals surface area contributed by atoms with Gasteiger partial charge in [-0.1, -0.05) is 0 Å². The molecule has 2 saturated heterocycles. The van der Waals surface area contributed by atoms with Crippen LogP contribution in [0.2, 0.25) is 0 Å². The van der Waals surface area contributed by atoms with Crippen molar-refractivity contribution in [2.45, 2.75) is 18.9 Å². The topological polar surface area (TPSA) is 61.9 Å². The summed E-state index contributed by atoms with van der Waals surface area (Å²) in [7, 11) is 0. The van der Waals surface area contributed by atoms with Crippen LogP contribution in [0, 0.1) is 5.92 Å². The van der Waals surface area contributed by atoms with Crippen molar-refractivity contribution in [3.8, 4) is 0 Å². The van der Waals surface area contributed by atoms with Crippen molar-refractivity contribution < 1.29 is 14.3 Å². The van der Waals surface area contributed by atoms with Gasteiger partial charge >= 0.3 is 0 Å². The van der Waals surface area contributed by atoms with Crippen LogP contribution in [0.15, 0.2) is 0 Å². The Bertz CT molecular complexity index is 397. The van der Waals surface area contributed by atoms with E-state index < -0.39 is 0 Å². The Morgan fingerprint density at radius 2 is 2.00 bits per heavy atom. The molecule has 1 atom stereocenters. The van der Waals surface area contributed by atoms with Gasteiger partial charge in [-0.2, -0.15) is 0 Å². The van der Waals surface area contributed by atoms with Gasteiger partial charge in [0, 0.05) is 37.8 Å². The van der Waals surface area contributed by atoms with Crippen LogP contribution in [0.1, 0.15) is 12.8 Å². The Labute approximate surface area is 129 Å². The zero-order chi connectivity index (χ0) is 14.7. The van der Waals surface area contributed by atoms with Gasteiger partial charge in [-0.15, -0.1) is 11.8 Å². The van der Waals surface area contributed by atoms with E-state index in [0.717, 1.165) is 51.4 Å². The monoisotopic (exact) mass is 313 g/mol. The minimum Gasteiger partial charge on any atom is -0.379 e. The molecule has 2 aliphatic heterocycles. The van der Waals surface area contributed by atoms with Gasteiger partial charge in [0.2, 0.25) is 11.8 Å². The molecule has 6 nitrogen and oxygen atoms in total. The average Bonchev–Trinajstić information content (AvgIpc) is 3.24. The second-order valence-electron chi connectivity index (χ2n) is 5.84. The number of rotatable bonds is 5. The van der Waals surface area contributed by atoms with E-state index in [-0.39, 0.29) is 23.8 Å². The summed E-state index contributed by atoms with van der Waals surface area (Å²) in [5.74, 6) is 1.75. The van der Waals surface area contributed by atoms with Crippen LogP contribution in [0.25, 0.3) is 0 Å². The molecule has 0 aromatic rings. The quantitative estimate of drug-likeness (QED) is 0.758. The lowest BCUT2D eigenvalue weighted by Gasteiger charge is -2.27. The van der Waals surface area contributed by atoms with Gasteiger partial charge in [-0.3, -0.25) is 14.5 Å². The molecule has 3 fully saturated rings. The summed E-state index contributed by atoms with van der Waals surface area (Å²) >= 11 is 1.67. The minimum absolute atomic E-state index is 0.00209. The summed E-state index contributed by atoms with van der Waals surface area (Å²) in [5.41, 5.74) is 0. The van der Waals surface area contributed by atoms with Gasteiger partial charge in [-0.25, -0.2) is 0 Å². The Hall–Kier alpha value is -0.790. The SMILES string of the molecule is O=C(NCCN1CCOCC1)C1CSCN1C(=O)C1CC1. The molecule has 3 aliphatic rings. The molecule has 0 spiro atoms. The van der Waals surface area contributed by atoms with Crippen LogP contribution >= 0.6 is 11.8 Å². The number of hydrogen-bond acceptors (Lipinski definition) is 5. The summed E-state index contributed by atoms with van der Waals surface area (Å²) in [6, 6.07) is -0.271. The molecule has 1 saturated carbocycles. The second-order valence-corrected chi connectivity index (χ2v) is 6.84. The maximum absolute atomic E-state index is 12.3. The maximum atomic E-state index is 12.3. The normalized spacial score (nSPS) is 26.9. The first kappa shape index (κ1) is 15.1. The molecular formula is C14H23N3O3S. The Morgan fingerprint density at radius 3 is 2.71 bits per heavy atom. The fourth-order valence-electron chi connectivity index (χ4n) is 2.72. The highest BCUT2D eigenvalue weighted by molar-refractivity contribution is 7.99. The molecule has 0 bridgehead atoms. The number of hydrogen-bond donors (Lipinski definition) is 1. The molecule has 118 valence electrons. The van der Waals surface area contributed by atoms with E-state index in [2.05, 4.69) is 10.2 Å². The van der Waals surface area contributed by atoms with Crippen molar-refractivity contribution in [3.63, 3.8) is 0 Å². The fraction of sp³-hybridized carbons (Fsp3) is 0.857. The zero-order valence-electron chi connectivity index (χ0n) is 12.3. The van der Waals surface area contributed by atoms with Gasteiger partial charge < -0.3 is 15.0 Å². The standard InChI is InChI=1S/C14H23N3O3S/c18-13(15-3-4-16-5-7-20-8-6-16)12-9-21-10-17(12)14(19)11-1-2-11/h11-12H,1-10H2,(H,15,18). The fourth-order valence-corrected chi connectivity index (χ4v) is 3.89. The van der Waals surface area contributed by atoms with E-state index >= 15 is 0 Å². The van der Waals surface area contributed by atoms with Gasteiger partial charge in [0.1, 0.15) is 6.04 Å². The summed E-state index contributed by atoms with van der Waals surface area (Å²) in [6.45, 7) is 4.91. The van der Waals surface area contributed by atoms with Crippen LogP contribution in [0.3, 0.4) is 0 Å². The lowest BCUT2D eigenvalue weighted by atomic mass is 10.2. The molecule has 21 heavy (non-hydrogen) atoms. The zero-order valence-corrected chi connectivity index (χ0v) is 13.1. The Morgan fingerprint density at radius 1 is 1.24 bits per heavy atom. The maximum Gasteiger partial charge on any atom is 0.243 e. The van der Waals surface area contributed by atoms with Gasteiger partial charge in [0.25, 0.3) is 0 Å². The molecule has 0 radical (unpaired) electrons. The molecule has 0 aromatic heterocycles. The van der Waals surface area contributed by atoms with Crippen LogP contribution < -0.4 is 5.32 Å². The van der Waals surface area contributed by atoms with Crippen molar-refractivity contribution in [2.24, 2.45) is 5.92 Å². The van der Waals surface area contributed by atoms with Gasteiger partial charge in [0.15, 0.2) is 0 Å². The number of nitrogens with zero attached hydrogens (tertiary/aromatic N) is 2. The van der Waals surface area contributed by atoms with E-state index in [1.165, 1.54) is 0 Å². The smallest absolute Gasteiger partial charge is 0.243 e. The first-order valence-electron chi connectivity index (χ1n) is 7.72. The number of carbonyl (C=O) groups excluding carboxylic acids is 2. The number of ether oxygens (including phenoxy) is 1. The highest BCUT2D eigenvalue weighted by atomic mass is 32.2. The van der Waals surface area contributed by atoms with E-state index in [1.807, 2.05) is 0 Å².